The zero-order valence-electron chi connectivity index (χ0n) is 11.6. The molecule has 2 saturated carbocycles. The van der Waals surface area contributed by atoms with E-state index in [1.54, 1.807) is 6.92 Å². The van der Waals surface area contributed by atoms with Gasteiger partial charge in [0.15, 0.2) is 0 Å². The van der Waals surface area contributed by atoms with E-state index in [9.17, 15) is 4.79 Å². The Kier molecular flexibility index (Phi) is 3.38. The average Bonchev–Trinajstić information content (AvgIpc) is 3.05. The predicted molar refractivity (Wildman–Crippen MR) is 72.2 cm³/mol. The Balaban J connectivity index is 1.45. The summed E-state index contributed by atoms with van der Waals surface area (Å²) in [5, 5.41) is 0. The lowest BCUT2D eigenvalue weighted by Crippen LogP contribution is -2.19. The minimum atomic E-state index is -0.332. The summed E-state index contributed by atoms with van der Waals surface area (Å²) in [6, 6.07) is 0. The van der Waals surface area contributed by atoms with E-state index < -0.39 is 0 Å². The summed E-state index contributed by atoms with van der Waals surface area (Å²) in [4.78, 5) is 11.2. The van der Waals surface area contributed by atoms with Gasteiger partial charge in [0.2, 0.25) is 0 Å². The summed E-state index contributed by atoms with van der Waals surface area (Å²) >= 11 is 0. The molecule has 0 unspecified atom stereocenters. The third-order valence-corrected chi connectivity index (χ3v) is 4.90. The van der Waals surface area contributed by atoms with Crippen molar-refractivity contribution < 1.29 is 14.3 Å². The monoisotopic (exact) mass is 262 g/mol. The van der Waals surface area contributed by atoms with Gasteiger partial charge in [-0.05, 0) is 50.0 Å². The molecule has 0 aromatic heterocycles. The van der Waals surface area contributed by atoms with Crippen LogP contribution >= 0.6 is 0 Å². The van der Waals surface area contributed by atoms with Crippen molar-refractivity contribution in [2.75, 3.05) is 13.2 Å². The summed E-state index contributed by atoms with van der Waals surface area (Å²) in [7, 11) is 0. The van der Waals surface area contributed by atoms with Gasteiger partial charge < -0.3 is 9.47 Å². The number of esters is 1. The molecular formula is C16H22O3. The van der Waals surface area contributed by atoms with Crippen molar-refractivity contribution in [3.63, 3.8) is 0 Å². The molecule has 0 saturated heterocycles. The summed E-state index contributed by atoms with van der Waals surface area (Å²) < 4.78 is 10.9. The smallest absolute Gasteiger partial charge is 0.333 e. The van der Waals surface area contributed by atoms with Crippen molar-refractivity contribution in [3.05, 3.63) is 24.0 Å². The molecule has 0 N–H and O–H groups in total. The highest BCUT2D eigenvalue weighted by atomic mass is 16.6. The number of fused-ring (bicyclic) bond motifs is 5. The van der Waals surface area contributed by atoms with E-state index in [4.69, 9.17) is 9.47 Å². The van der Waals surface area contributed by atoms with Crippen LogP contribution in [0.15, 0.2) is 24.0 Å². The Bertz CT molecular complexity index is 424. The zero-order chi connectivity index (χ0) is 13.4. The minimum absolute atomic E-state index is 0.314. The second-order valence-electron chi connectivity index (χ2n) is 6.10. The Morgan fingerprint density at radius 2 is 2.16 bits per heavy atom. The standard InChI is InChI=1S/C16H22O3/c1-10(2)16(17)19-7-6-18-15-9-11-8-14(15)13-5-3-4-12(11)13/h9,11-14H,1,3-8H2,2H3/t11-,12+,13+,14-/m0/s1. The number of ether oxygens (including phenoxy) is 2. The molecule has 0 aliphatic heterocycles. The van der Waals surface area contributed by atoms with Crippen LogP contribution in [0.4, 0.5) is 0 Å². The summed E-state index contributed by atoms with van der Waals surface area (Å²) in [5.41, 5.74) is 0.438. The molecule has 3 aliphatic rings. The highest BCUT2D eigenvalue weighted by Gasteiger charge is 2.50. The van der Waals surface area contributed by atoms with Gasteiger partial charge in [-0.25, -0.2) is 4.79 Å². The molecule has 0 aromatic carbocycles. The maximum atomic E-state index is 11.2. The van der Waals surface area contributed by atoms with Gasteiger partial charge in [0, 0.05) is 11.5 Å². The molecule has 2 bridgehead atoms. The summed E-state index contributed by atoms with van der Waals surface area (Å²) in [6.07, 6.45) is 7.79. The molecule has 19 heavy (non-hydrogen) atoms. The van der Waals surface area contributed by atoms with Crippen molar-refractivity contribution in [3.8, 4) is 0 Å². The molecule has 3 rings (SSSR count). The Morgan fingerprint density at radius 1 is 1.37 bits per heavy atom. The molecule has 0 spiro atoms. The van der Waals surface area contributed by atoms with Crippen LogP contribution in [0.5, 0.6) is 0 Å². The Morgan fingerprint density at radius 3 is 2.95 bits per heavy atom. The first kappa shape index (κ1) is 12.8. The normalized spacial score (nSPS) is 34.9. The lowest BCUT2D eigenvalue weighted by molar-refractivity contribution is -0.140. The van der Waals surface area contributed by atoms with Crippen LogP contribution in [0, 0.1) is 23.7 Å². The fourth-order valence-electron chi connectivity index (χ4n) is 4.12. The first-order valence-corrected chi connectivity index (χ1v) is 7.34. The van der Waals surface area contributed by atoms with Gasteiger partial charge in [0.25, 0.3) is 0 Å². The van der Waals surface area contributed by atoms with E-state index in [1.165, 1.54) is 31.4 Å². The second kappa shape index (κ2) is 5.03. The van der Waals surface area contributed by atoms with Gasteiger partial charge in [-0.1, -0.05) is 13.0 Å². The molecule has 0 aromatic rings. The quantitative estimate of drug-likeness (QED) is 0.434. The molecule has 0 heterocycles. The van der Waals surface area contributed by atoms with Gasteiger partial charge in [-0.3, -0.25) is 0 Å². The van der Waals surface area contributed by atoms with Crippen molar-refractivity contribution in [2.24, 2.45) is 23.7 Å². The number of carbonyl (C=O) groups is 1. The third kappa shape index (κ3) is 2.31. The molecule has 3 nitrogen and oxygen atoms in total. The third-order valence-electron chi connectivity index (χ3n) is 4.90. The lowest BCUT2D eigenvalue weighted by Gasteiger charge is -2.25. The van der Waals surface area contributed by atoms with E-state index in [2.05, 4.69) is 12.7 Å². The fourth-order valence-corrected chi connectivity index (χ4v) is 4.12. The lowest BCUT2D eigenvalue weighted by atomic mass is 9.85. The van der Waals surface area contributed by atoms with Crippen LogP contribution in [0.25, 0.3) is 0 Å². The molecular weight excluding hydrogens is 240 g/mol. The van der Waals surface area contributed by atoms with Crippen molar-refractivity contribution in [1.82, 2.24) is 0 Å². The first-order chi connectivity index (χ1) is 9.16. The van der Waals surface area contributed by atoms with E-state index in [0.717, 1.165) is 17.8 Å². The SMILES string of the molecule is C=C(C)C(=O)OCCOC1=C[C@@H]2C[C@H]1[C@@H]1CCC[C@@H]12. The number of carbonyl (C=O) groups excluding carboxylic acids is 1. The highest BCUT2D eigenvalue weighted by molar-refractivity contribution is 5.86. The van der Waals surface area contributed by atoms with Crippen LogP contribution in [0.2, 0.25) is 0 Å². The molecule has 4 atom stereocenters. The number of allylic oxidation sites excluding steroid dienone is 2. The van der Waals surface area contributed by atoms with Gasteiger partial charge in [-0.2, -0.15) is 0 Å². The van der Waals surface area contributed by atoms with Crippen LogP contribution < -0.4 is 0 Å². The first-order valence-electron chi connectivity index (χ1n) is 7.34. The van der Waals surface area contributed by atoms with Gasteiger partial charge in [-0.15, -0.1) is 0 Å². The zero-order valence-corrected chi connectivity index (χ0v) is 11.6. The second-order valence-corrected chi connectivity index (χ2v) is 6.10. The Hall–Kier alpha value is -1.25. The molecule has 104 valence electrons. The van der Waals surface area contributed by atoms with Gasteiger partial charge in [0.05, 0.1) is 5.76 Å². The highest BCUT2D eigenvalue weighted by Crippen LogP contribution is 2.58. The van der Waals surface area contributed by atoms with E-state index in [-0.39, 0.29) is 5.97 Å². The van der Waals surface area contributed by atoms with E-state index >= 15 is 0 Å². The van der Waals surface area contributed by atoms with Gasteiger partial charge in [0.1, 0.15) is 13.2 Å². The van der Waals surface area contributed by atoms with Crippen molar-refractivity contribution in [2.45, 2.75) is 32.6 Å². The minimum Gasteiger partial charge on any atom is -0.494 e. The summed E-state index contributed by atoms with van der Waals surface area (Å²) in [6.45, 7) is 5.98. The molecule has 0 radical (unpaired) electrons. The molecule has 3 aliphatic carbocycles. The number of hydrogen-bond acceptors (Lipinski definition) is 3. The van der Waals surface area contributed by atoms with Crippen molar-refractivity contribution >= 4 is 5.97 Å². The number of hydrogen-bond donors (Lipinski definition) is 0. The van der Waals surface area contributed by atoms with Crippen LogP contribution in [-0.2, 0) is 14.3 Å². The fraction of sp³-hybridized carbons (Fsp3) is 0.688. The van der Waals surface area contributed by atoms with Crippen LogP contribution in [-0.4, -0.2) is 19.2 Å². The molecule has 2 fully saturated rings. The number of rotatable bonds is 5. The molecule has 3 heteroatoms. The summed E-state index contributed by atoms with van der Waals surface area (Å²) in [5.74, 6) is 4.03. The Labute approximate surface area is 114 Å². The topological polar surface area (TPSA) is 35.5 Å². The average molecular weight is 262 g/mol. The van der Waals surface area contributed by atoms with Crippen LogP contribution in [0.1, 0.15) is 32.6 Å². The van der Waals surface area contributed by atoms with Crippen LogP contribution in [0.3, 0.4) is 0 Å². The maximum absolute atomic E-state index is 11.2. The largest absolute Gasteiger partial charge is 0.494 e. The van der Waals surface area contributed by atoms with Gasteiger partial charge >= 0.3 is 5.97 Å². The van der Waals surface area contributed by atoms with Crippen molar-refractivity contribution in [1.29, 1.82) is 0 Å². The molecule has 0 amide bonds. The van der Waals surface area contributed by atoms with E-state index in [1.807, 2.05) is 0 Å². The predicted octanol–water partition coefficient (Wildman–Crippen LogP) is 3.07. The van der Waals surface area contributed by atoms with E-state index in [0.29, 0.717) is 24.7 Å². The maximum Gasteiger partial charge on any atom is 0.333 e.